The summed E-state index contributed by atoms with van der Waals surface area (Å²) >= 11 is 1.67. The Morgan fingerprint density at radius 3 is 3.00 bits per heavy atom. The number of nitrogens with one attached hydrogen (secondary N) is 1. The van der Waals surface area contributed by atoms with Crippen LogP contribution in [0, 0.1) is 0 Å². The van der Waals surface area contributed by atoms with Crippen LogP contribution in [0.25, 0.3) is 0 Å². The zero-order valence-electron chi connectivity index (χ0n) is 14.5. The average Bonchev–Trinajstić information content (AvgIpc) is 3.29. The molecule has 6 nitrogen and oxygen atoms in total. The predicted octanol–water partition coefficient (Wildman–Crippen LogP) is 2.84. The van der Waals surface area contributed by atoms with E-state index in [0.717, 1.165) is 56.3 Å². The van der Waals surface area contributed by atoms with E-state index in [-0.39, 0.29) is 12.1 Å². The van der Waals surface area contributed by atoms with Crippen LogP contribution in [0.1, 0.15) is 44.7 Å². The second kappa shape index (κ2) is 8.67. The van der Waals surface area contributed by atoms with E-state index in [1.54, 1.807) is 11.3 Å². The lowest BCUT2D eigenvalue weighted by atomic mass is 10.1. The molecule has 3 heterocycles. The summed E-state index contributed by atoms with van der Waals surface area (Å²) in [4.78, 5) is 21.2. The molecular weight excluding hydrogens is 324 g/mol. The molecule has 1 N–H and O–H groups in total. The van der Waals surface area contributed by atoms with Crippen molar-refractivity contribution >= 4 is 22.5 Å². The number of amides is 2. The number of ether oxygens (including phenoxy) is 1. The third kappa shape index (κ3) is 4.60. The van der Waals surface area contributed by atoms with Crippen molar-refractivity contribution in [2.24, 2.45) is 0 Å². The molecule has 7 heteroatoms. The zero-order chi connectivity index (χ0) is 16.8. The van der Waals surface area contributed by atoms with Crippen molar-refractivity contribution in [2.75, 3.05) is 37.7 Å². The highest BCUT2D eigenvalue weighted by molar-refractivity contribution is 7.13. The number of hydrogen-bond acceptors (Lipinski definition) is 5. The molecule has 2 amide bonds. The highest BCUT2D eigenvalue weighted by Crippen LogP contribution is 2.24. The lowest BCUT2D eigenvalue weighted by molar-refractivity contribution is 0.0100. The predicted molar refractivity (Wildman–Crippen MR) is 96.6 cm³/mol. The van der Waals surface area contributed by atoms with Gasteiger partial charge in [-0.2, -0.15) is 0 Å². The van der Waals surface area contributed by atoms with Crippen molar-refractivity contribution in [2.45, 2.75) is 51.7 Å². The molecule has 1 aromatic rings. The minimum atomic E-state index is -0.00415. The number of anilines is 1. The molecule has 2 aliphatic heterocycles. The first-order valence-corrected chi connectivity index (χ1v) is 9.98. The molecule has 134 valence electrons. The molecule has 2 saturated heterocycles. The van der Waals surface area contributed by atoms with Gasteiger partial charge in [0.05, 0.1) is 18.3 Å². The average molecular weight is 353 g/mol. The van der Waals surface area contributed by atoms with E-state index in [2.05, 4.69) is 27.5 Å². The summed E-state index contributed by atoms with van der Waals surface area (Å²) in [6.07, 6.45) is 5.77. The minimum Gasteiger partial charge on any atom is -0.376 e. The Morgan fingerprint density at radius 2 is 2.21 bits per heavy atom. The molecule has 0 spiro atoms. The van der Waals surface area contributed by atoms with Gasteiger partial charge in [-0.3, -0.25) is 0 Å². The van der Waals surface area contributed by atoms with Gasteiger partial charge in [-0.15, -0.1) is 11.3 Å². The Morgan fingerprint density at radius 1 is 1.38 bits per heavy atom. The Bertz CT molecular complexity index is 530. The van der Waals surface area contributed by atoms with Crippen LogP contribution in [0.5, 0.6) is 0 Å². The molecule has 0 saturated carbocycles. The van der Waals surface area contributed by atoms with Gasteiger partial charge in [0, 0.05) is 38.2 Å². The van der Waals surface area contributed by atoms with E-state index in [0.29, 0.717) is 13.1 Å². The van der Waals surface area contributed by atoms with Crippen molar-refractivity contribution < 1.29 is 9.53 Å². The quantitative estimate of drug-likeness (QED) is 0.855. The summed E-state index contributed by atoms with van der Waals surface area (Å²) in [7, 11) is 0. The van der Waals surface area contributed by atoms with Gasteiger partial charge in [-0.1, -0.05) is 6.92 Å². The number of piperidine rings is 1. The van der Waals surface area contributed by atoms with Crippen LogP contribution >= 0.6 is 11.3 Å². The number of urea groups is 1. The fourth-order valence-electron chi connectivity index (χ4n) is 3.25. The lowest BCUT2D eigenvalue weighted by Gasteiger charge is -2.32. The number of carbonyl (C=O) groups excluding carboxylic acids is 1. The molecule has 24 heavy (non-hydrogen) atoms. The fraction of sp³-hybridized carbons (Fsp3) is 0.765. The number of thiazole rings is 1. The second-order valence-electron chi connectivity index (χ2n) is 6.56. The standard InChI is InChI=1S/C17H28N4O2S/c1-2-10-23-15-6-5-9-21(12-15)16(22)18-11-14-13-24-17(19-14)20-7-3-4-8-20/h13,15H,2-12H2,1H3,(H,18,22)/t15-/m1/s1. The van der Waals surface area contributed by atoms with Gasteiger partial charge in [-0.25, -0.2) is 9.78 Å². The molecule has 2 fully saturated rings. The third-order valence-electron chi connectivity index (χ3n) is 4.56. The van der Waals surface area contributed by atoms with Crippen molar-refractivity contribution in [1.29, 1.82) is 0 Å². The monoisotopic (exact) mass is 352 g/mol. The van der Waals surface area contributed by atoms with E-state index in [1.165, 1.54) is 12.8 Å². The molecular formula is C17H28N4O2S. The number of aromatic nitrogens is 1. The van der Waals surface area contributed by atoms with Crippen LogP contribution in [0.4, 0.5) is 9.93 Å². The number of hydrogen-bond donors (Lipinski definition) is 1. The largest absolute Gasteiger partial charge is 0.376 e. The Labute approximate surface area is 148 Å². The summed E-state index contributed by atoms with van der Waals surface area (Å²) in [6, 6.07) is -0.00415. The van der Waals surface area contributed by atoms with E-state index >= 15 is 0 Å². The van der Waals surface area contributed by atoms with Gasteiger partial charge < -0.3 is 19.9 Å². The number of nitrogens with zero attached hydrogens (tertiary/aromatic N) is 3. The molecule has 0 aliphatic carbocycles. The van der Waals surface area contributed by atoms with Crippen LogP contribution in [0.2, 0.25) is 0 Å². The highest BCUT2D eigenvalue weighted by Gasteiger charge is 2.24. The topological polar surface area (TPSA) is 57.7 Å². The maximum absolute atomic E-state index is 12.4. The van der Waals surface area contributed by atoms with Crippen molar-refractivity contribution in [3.63, 3.8) is 0 Å². The zero-order valence-corrected chi connectivity index (χ0v) is 15.3. The molecule has 0 bridgehead atoms. The molecule has 1 atom stereocenters. The van der Waals surface area contributed by atoms with Crippen LogP contribution in [0.15, 0.2) is 5.38 Å². The van der Waals surface area contributed by atoms with Gasteiger partial charge in [0.2, 0.25) is 0 Å². The number of carbonyl (C=O) groups is 1. The molecule has 1 aromatic heterocycles. The maximum Gasteiger partial charge on any atom is 0.317 e. The third-order valence-corrected chi connectivity index (χ3v) is 5.51. The van der Waals surface area contributed by atoms with Gasteiger partial charge in [-0.05, 0) is 32.1 Å². The van der Waals surface area contributed by atoms with Gasteiger partial charge in [0.15, 0.2) is 5.13 Å². The van der Waals surface area contributed by atoms with Crippen LogP contribution < -0.4 is 10.2 Å². The Balaban J connectivity index is 1.44. The first-order valence-electron chi connectivity index (χ1n) is 9.10. The maximum atomic E-state index is 12.4. The molecule has 3 rings (SSSR count). The van der Waals surface area contributed by atoms with Crippen molar-refractivity contribution in [3.8, 4) is 0 Å². The molecule has 0 aromatic carbocycles. The Kier molecular flexibility index (Phi) is 6.31. The van der Waals surface area contributed by atoms with Gasteiger partial charge in [0.25, 0.3) is 0 Å². The number of rotatable bonds is 6. The van der Waals surface area contributed by atoms with Crippen LogP contribution in [-0.2, 0) is 11.3 Å². The first kappa shape index (κ1) is 17.5. The van der Waals surface area contributed by atoms with E-state index < -0.39 is 0 Å². The number of likely N-dealkylation sites (tertiary alicyclic amines) is 1. The molecule has 0 unspecified atom stereocenters. The summed E-state index contributed by atoms with van der Waals surface area (Å²) in [6.45, 7) is 7.10. The highest BCUT2D eigenvalue weighted by atomic mass is 32.1. The fourth-order valence-corrected chi connectivity index (χ4v) is 4.13. The van der Waals surface area contributed by atoms with Gasteiger partial charge >= 0.3 is 6.03 Å². The normalized spacial score (nSPS) is 21.3. The SMILES string of the molecule is CCCO[C@@H]1CCCN(C(=O)NCc2csc(N3CCCC3)n2)C1. The van der Waals surface area contributed by atoms with Crippen LogP contribution in [0.3, 0.4) is 0 Å². The summed E-state index contributed by atoms with van der Waals surface area (Å²) in [5, 5.41) is 6.15. The molecule has 0 radical (unpaired) electrons. The van der Waals surface area contributed by atoms with E-state index in [4.69, 9.17) is 4.74 Å². The van der Waals surface area contributed by atoms with Crippen LogP contribution in [-0.4, -0.2) is 54.8 Å². The Hall–Kier alpha value is -1.34. The van der Waals surface area contributed by atoms with Crippen molar-refractivity contribution in [1.82, 2.24) is 15.2 Å². The summed E-state index contributed by atoms with van der Waals surface area (Å²) in [5.41, 5.74) is 0.950. The van der Waals surface area contributed by atoms with Crippen molar-refractivity contribution in [3.05, 3.63) is 11.1 Å². The summed E-state index contributed by atoms with van der Waals surface area (Å²) in [5.74, 6) is 0. The van der Waals surface area contributed by atoms with E-state index in [1.807, 2.05) is 4.90 Å². The minimum absolute atomic E-state index is 0.00415. The first-order chi connectivity index (χ1) is 11.8. The van der Waals surface area contributed by atoms with E-state index in [9.17, 15) is 4.79 Å². The second-order valence-corrected chi connectivity index (χ2v) is 7.39. The lowest BCUT2D eigenvalue weighted by Crippen LogP contribution is -2.47. The smallest absolute Gasteiger partial charge is 0.317 e. The summed E-state index contributed by atoms with van der Waals surface area (Å²) < 4.78 is 5.80. The van der Waals surface area contributed by atoms with Gasteiger partial charge in [0.1, 0.15) is 0 Å². The molecule has 2 aliphatic rings.